The van der Waals surface area contributed by atoms with Gasteiger partial charge in [-0.05, 0) is 19.3 Å². The number of rotatable bonds is 3. The van der Waals surface area contributed by atoms with Crippen LogP contribution in [-0.4, -0.2) is 29.2 Å². The van der Waals surface area contributed by atoms with E-state index in [0.717, 1.165) is 49.6 Å². The molecule has 1 saturated heterocycles. The smallest absolute Gasteiger partial charge is 0.159 e. The molecule has 0 spiro atoms. The van der Waals surface area contributed by atoms with E-state index in [4.69, 9.17) is 4.74 Å². The van der Waals surface area contributed by atoms with E-state index in [1.54, 1.807) is 0 Å². The van der Waals surface area contributed by atoms with Crippen LogP contribution in [0.25, 0.3) is 11.4 Å². The van der Waals surface area contributed by atoms with Crippen molar-refractivity contribution in [1.29, 1.82) is 0 Å². The summed E-state index contributed by atoms with van der Waals surface area (Å²) >= 11 is 0. The van der Waals surface area contributed by atoms with Crippen molar-refractivity contribution in [2.24, 2.45) is 0 Å². The highest BCUT2D eigenvalue weighted by Gasteiger charge is 2.12. The maximum atomic E-state index is 5.47. The lowest BCUT2D eigenvalue weighted by molar-refractivity contribution is 0.144. The zero-order valence-corrected chi connectivity index (χ0v) is 11.5. The summed E-state index contributed by atoms with van der Waals surface area (Å²) in [4.78, 5) is 8.87. The second-order valence-electron chi connectivity index (χ2n) is 5.05. The molecule has 0 aliphatic carbocycles. The third-order valence-corrected chi connectivity index (χ3v) is 3.51. The molecule has 1 aromatic heterocycles. The Bertz CT molecular complexity index is 519. The first-order valence-electron chi connectivity index (χ1n) is 7.13. The molecule has 2 heterocycles. The number of ether oxygens (including phenoxy) is 1. The summed E-state index contributed by atoms with van der Waals surface area (Å²) in [6, 6.07) is 10.5. The molecular weight excluding hydrogens is 250 g/mol. The van der Waals surface area contributed by atoms with Gasteiger partial charge in [0.05, 0.1) is 18.1 Å². The number of benzene rings is 1. The van der Waals surface area contributed by atoms with Gasteiger partial charge in [0.15, 0.2) is 5.82 Å². The highest BCUT2D eigenvalue weighted by atomic mass is 16.5. The minimum atomic E-state index is 0.462. The first kappa shape index (κ1) is 13.1. The molecule has 4 heteroatoms. The third kappa shape index (κ3) is 3.33. The SMILES string of the molecule is c1ccc(-c2ncc(NC3CCCOCC3)cn2)cc1. The Balaban J connectivity index is 1.67. The van der Waals surface area contributed by atoms with Crippen LogP contribution in [0.2, 0.25) is 0 Å². The zero-order chi connectivity index (χ0) is 13.6. The average molecular weight is 269 g/mol. The lowest BCUT2D eigenvalue weighted by Gasteiger charge is -2.16. The lowest BCUT2D eigenvalue weighted by Crippen LogP contribution is -2.19. The van der Waals surface area contributed by atoms with Crippen LogP contribution in [-0.2, 0) is 4.74 Å². The highest BCUT2D eigenvalue weighted by molar-refractivity contribution is 5.55. The Labute approximate surface area is 119 Å². The fraction of sp³-hybridized carbons (Fsp3) is 0.375. The summed E-state index contributed by atoms with van der Waals surface area (Å²) in [7, 11) is 0. The minimum Gasteiger partial charge on any atom is -0.381 e. The van der Waals surface area contributed by atoms with E-state index in [2.05, 4.69) is 15.3 Å². The quantitative estimate of drug-likeness (QED) is 0.930. The van der Waals surface area contributed by atoms with Crippen LogP contribution >= 0.6 is 0 Å². The molecule has 0 saturated carbocycles. The maximum absolute atomic E-state index is 5.47. The molecule has 4 nitrogen and oxygen atoms in total. The fourth-order valence-corrected chi connectivity index (χ4v) is 2.42. The van der Waals surface area contributed by atoms with E-state index in [1.807, 2.05) is 42.7 Å². The molecule has 1 aliphatic heterocycles. The summed E-state index contributed by atoms with van der Waals surface area (Å²) in [6.07, 6.45) is 7.02. The van der Waals surface area contributed by atoms with Crippen LogP contribution in [0.4, 0.5) is 5.69 Å². The van der Waals surface area contributed by atoms with Gasteiger partial charge in [0.25, 0.3) is 0 Å². The zero-order valence-electron chi connectivity index (χ0n) is 11.5. The molecule has 20 heavy (non-hydrogen) atoms. The molecule has 1 fully saturated rings. The summed E-state index contributed by atoms with van der Waals surface area (Å²) in [5, 5.41) is 3.49. The van der Waals surface area contributed by atoms with E-state index >= 15 is 0 Å². The van der Waals surface area contributed by atoms with Gasteiger partial charge in [-0.1, -0.05) is 30.3 Å². The van der Waals surface area contributed by atoms with Crippen LogP contribution in [0.15, 0.2) is 42.7 Å². The van der Waals surface area contributed by atoms with Gasteiger partial charge in [0.1, 0.15) is 0 Å². The molecule has 1 aliphatic rings. The molecule has 2 aromatic rings. The molecule has 0 amide bonds. The predicted molar refractivity (Wildman–Crippen MR) is 79.5 cm³/mol. The van der Waals surface area contributed by atoms with Gasteiger partial charge in [-0.25, -0.2) is 9.97 Å². The predicted octanol–water partition coefficient (Wildman–Crippen LogP) is 3.12. The van der Waals surface area contributed by atoms with Crippen LogP contribution in [0.1, 0.15) is 19.3 Å². The van der Waals surface area contributed by atoms with Crippen molar-refractivity contribution >= 4 is 5.69 Å². The van der Waals surface area contributed by atoms with E-state index in [9.17, 15) is 0 Å². The van der Waals surface area contributed by atoms with E-state index in [0.29, 0.717) is 6.04 Å². The van der Waals surface area contributed by atoms with Crippen molar-refractivity contribution in [1.82, 2.24) is 9.97 Å². The lowest BCUT2D eigenvalue weighted by atomic mass is 10.1. The van der Waals surface area contributed by atoms with Crippen molar-refractivity contribution in [2.45, 2.75) is 25.3 Å². The summed E-state index contributed by atoms with van der Waals surface area (Å²) in [5.74, 6) is 0.764. The van der Waals surface area contributed by atoms with Gasteiger partial charge < -0.3 is 10.1 Å². The Morgan fingerprint density at radius 1 is 1.00 bits per heavy atom. The molecule has 104 valence electrons. The van der Waals surface area contributed by atoms with E-state index in [1.165, 1.54) is 0 Å². The molecule has 1 unspecified atom stereocenters. The monoisotopic (exact) mass is 269 g/mol. The molecule has 3 rings (SSSR count). The van der Waals surface area contributed by atoms with Crippen molar-refractivity contribution < 1.29 is 4.74 Å². The summed E-state index contributed by atoms with van der Waals surface area (Å²) in [6.45, 7) is 1.71. The van der Waals surface area contributed by atoms with Gasteiger partial charge in [-0.3, -0.25) is 0 Å². The molecule has 1 N–H and O–H groups in total. The van der Waals surface area contributed by atoms with Gasteiger partial charge in [-0.15, -0.1) is 0 Å². The first-order valence-corrected chi connectivity index (χ1v) is 7.13. The van der Waals surface area contributed by atoms with Crippen molar-refractivity contribution in [3.05, 3.63) is 42.7 Å². The Hall–Kier alpha value is -1.94. The number of hydrogen-bond donors (Lipinski definition) is 1. The number of hydrogen-bond acceptors (Lipinski definition) is 4. The molecular formula is C16H19N3O. The second kappa shape index (κ2) is 6.48. The van der Waals surface area contributed by atoms with Crippen LogP contribution < -0.4 is 5.32 Å². The maximum Gasteiger partial charge on any atom is 0.159 e. The van der Waals surface area contributed by atoms with Gasteiger partial charge >= 0.3 is 0 Å². The van der Waals surface area contributed by atoms with Crippen LogP contribution in [0.3, 0.4) is 0 Å². The number of aromatic nitrogens is 2. The Kier molecular flexibility index (Phi) is 4.23. The molecule has 1 atom stereocenters. The van der Waals surface area contributed by atoms with E-state index < -0.39 is 0 Å². The van der Waals surface area contributed by atoms with Crippen molar-refractivity contribution in [3.63, 3.8) is 0 Å². The standard InChI is InChI=1S/C16H19N3O/c1-2-5-13(6-3-1)16-17-11-15(12-18-16)19-14-7-4-9-20-10-8-14/h1-3,5-6,11-12,14,19H,4,7-10H2. The largest absolute Gasteiger partial charge is 0.381 e. The average Bonchev–Trinajstić information content (AvgIpc) is 2.78. The third-order valence-electron chi connectivity index (χ3n) is 3.51. The highest BCUT2D eigenvalue weighted by Crippen LogP contribution is 2.17. The Morgan fingerprint density at radius 3 is 2.60 bits per heavy atom. The number of anilines is 1. The number of nitrogens with one attached hydrogen (secondary N) is 1. The number of nitrogens with zero attached hydrogens (tertiary/aromatic N) is 2. The summed E-state index contributed by atoms with van der Waals surface area (Å²) in [5.41, 5.74) is 2.03. The Morgan fingerprint density at radius 2 is 1.80 bits per heavy atom. The second-order valence-corrected chi connectivity index (χ2v) is 5.05. The molecule has 1 aromatic carbocycles. The topological polar surface area (TPSA) is 47.0 Å². The van der Waals surface area contributed by atoms with Gasteiger partial charge in [-0.2, -0.15) is 0 Å². The minimum absolute atomic E-state index is 0.462. The van der Waals surface area contributed by atoms with Gasteiger partial charge in [0, 0.05) is 24.8 Å². The van der Waals surface area contributed by atoms with Crippen LogP contribution in [0.5, 0.6) is 0 Å². The van der Waals surface area contributed by atoms with E-state index in [-0.39, 0.29) is 0 Å². The van der Waals surface area contributed by atoms with Crippen molar-refractivity contribution in [3.8, 4) is 11.4 Å². The fourth-order valence-electron chi connectivity index (χ4n) is 2.42. The van der Waals surface area contributed by atoms with Crippen LogP contribution in [0, 0.1) is 0 Å². The summed E-state index contributed by atoms with van der Waals surface area (Å²) < 4.78 is 5.47. The molecule has 0 radical (unpaired) electrons. The molecule has 0 bridgehead atoms. The van der Waals surface area contributed by atoms with Crippen molar-refractivity contribution in [2.75, 3.05) is 18.5 Å². The first-order chi connectivity index (χ1) is 9.92. The van der Waals surface area contributed by atoms with Gasteiger partial charge in [0.2, 0.25) is 0 Å². The normalized spacial score (nSPS) is 19.3.